The van der Waals surface area contributed by atoms with Crippen molar-refractivity contribution in [1.29, 1.82) is 0 Å². The molecule has 0 aliphatic carbocycles. The summed E-state index contributed by atoms with van der Waals surface area (Å²) in [5.74, 6) is -0.301. The summed E-state index contributed by atoms with van der Waals surface area (Å²) in [6.07, 6.45) is 1.45. The van der Waals surface area contributed by atoms with E-state index in [1.165, 1.54) is 24.4 Å². The quantitative estimate of drug-likeness (QED) is 0.475. The molecular formula is C15H11BrClN3O3. The van der Waals surface area contributed by atoms with Gasteiger partial charge in [0.1, 0.15) is 0 Å². The highest BCUT2D eigenvalue weighted by Gasteiger charge is 2.08. The van der Waals surface area contributed by atoms with Gasteiger partial charge in [-0.15, -0.1) is 0 Å². The average molecular weight is 397 g/mol. The second-order valence-corrected chi connectivity index (χ2v) is 5.88. The minimum Gasteiger partial charge on any atom is -0.273 e. The van der Waals surface area contributed by atoms with E-state index in [0.29, 0.717) is 10.6 Å². The molecule has 0 saturated heterocycles. The van der Waals surface area contributed by atoms with Crippen LogP contribution in [0, 0.1) is 10.1 Å². The van der Waals surface area contributed by atoms with Crippen molar-refractivity contribution in [2.45, 2.75) is 6.42 Å². The summed E-state index contributed by atoms with van der Waals surface area (Å²) in [6, 6.07) is 11.3. The summed E-state index contributed by atoms with van der Waals surface area (Å²) in [4.78, 5) is 22.0. The van der Waals surface area contributed by atoms with Crippen LogP contribution < -0.4 is 5.43 Å². The monoisotopic (exact) mass is 395 g/mol. The summed E-state index contributed by atoms with van der Waals surface area (Å²) in [6.45, 7) is 0. The van der Waals surface area contributed by atoms with Crippen molar-refractivity contribution in [1.82, 2.24) is 5.43 Å². The second-order valence-electron chi connectivity index (χ2n) is 4.56. The van der Waals surface area contributed by atoms with E-state index in [9.17, 15) is 14.9 Å². The fourth-order valence-electron chi connectivity index (χ4n) is 1.74. The van der Waals surface area contributed by atoms with Crippen molar-refractivity contribution in [2.24, 2.45) is 5.10 Å². The van der Waals surface area contributed by atoms with Crippen molar-refractivity contribution in [3.63, 3.8) is 0 Å². The van der Waals surface area contributed by atoms with Gasteiger partial charge in [0.2, 0.25) is 5.91 Å². The van der Waals surface area contributed by atoms with E-state index in [1.807, 2.05) is 24.3 Å². The predicted octanol–water partition coefficient (Wildman–Crippen LogP) is 3.70. The van der Waals surface area contributed by atoms with E-state index in [1.54, 1.807) is 0 Å². The normalized spacial score (nSPS) is 10.7. The Morgan fingerprint density at radius 2 is 2.00 bits per heavy atom. The molecule has 118 valence electrons. The van der Waals surface area contributed by atoms with Gasteiger partial charge in [0.25, 0.3) is 5.69 Å². The van der Waals surface area contributed by atoms with Crippen LogP contribution in [0.3, 0.4) is 0 Å². The first-order chi connectivity index (χ1) is 11.0. The molecule has 23 heavy (non-hydrogen) atoms. The molecule has 2 aromatic rings. The lowest BCUT2D eigenvalue weighted by Gasteiger charge is -2.01. The van der Waals surface area contributed by atoms with Gasteiger partial charge < -0.3 is 0 Å². The maximum Gasteiger partial charge on any atom is 0.270 e. The molecule has 0 heterocycles. The Morgan fingerprint density at radius 1 is 1.30 bits per heavy atom. The van der Waals surface area contributed by atoms with Crippen molar-refractivity contribution in [2.75, 3.05) is 0 Å². The van der Waals surface area contributed by atoms with Crippen molar-refractivity contribution in [3.05, 3.63) is 73.2 Å². The predicted molar refractivity (Wildman–Crippen MR) is 91.7 cm³/mol. The highest BCUT2D eigenvalue weighted by molar-refractivity contribution is 9.10. The number of hydrazone groups is 1. The number of hydrogen-bond acceptors (Lipinski definition) is 4. The third-order valence-electron chi connectivity index (χ3n) is 2.86. The van der Waals surface area contributed by atoms with Crippen LogP contribution in [0.5, 0.6) is 0 Å². The Kier molecular flexibility index (Phi) is 5.84. The zero-order chi connectivity index (χ0) is 16.8. The van der Waals surface area contributed by atoms with Crippen LogP contribution in [-0.4, -0.2) is 17.0 Å². The molecule has 0 spiro atoms. The zero-order valence-corrected chi connectivity index (χ0v) is 14.0. The Morgan fingerprint density at radius 3 is 2.65 bits per heavy atom. The maximum atomic E-state index is 11.8. The Hall–Kier alpha value is -2.25. The molecule has 0 atom stereocenters. The third kappa shape index (κ3) is 5.15. The summed E-state index contributed by atoms with van der Waals surface area (Å²) < 4.78 is 0.931. The Labute approximate surface area is 145 Å². The standard InChI is InChI=1S/C15H11BrClN3O3/c16-12-3-1-10(2-4-12)7-15(21)19-18-9-11-8-13(20(22)23)5-6-14(11)17/h1-6,8-9H,7H2,(H,19,21)/b18-9+. The molecule has 0 bridgehead atoms. The lowest BCUT2D eigenvalue weighted by Crippen LogP contribution is -2.19. The molecule has 0 aliphatic heterocycles. The molecule has 2 rings (SSSR count). The first-order valence-corrected chi connectivity index (χ1v) is 7.63. The number of nitrogens with one attached hydrogen (secondary N) is 1. The van der Waals surface area contributed by atoms with E-state index >= 15 is 0 Å². The smallest absolute Gasteiger partial charge is 0.270 e. The molecule has 0 unspecified atom stereocenters. The van der Waals surface area contributed by atoms with Gasteiger partial charge in [-0.3, -0.25) is 14.9 Å². The van der Waals surface area contributed by atoms with Gasteiger partial charge in [-0.1, -0.05) is 39.7 Å². The SMILES string of the molecule is O=C(Cc1ccc(Br)cc1)N/N=C/c1cc([N+](=O)[O-])ccc1Cl. The van der Waals surface area contributed by atoms with Crippen LogP contribution in [0.1, 0.15) is 11.1 Å². The highest BCUT2D eigenvalue weighted by Crippen LogP contribution is 2.20. The van der Waals surface area contributed by atoms with E-state index in [-0.39, 0.29) is 18.0 Å². The first kappa shape index (κ1) is 17.1. The van der Waals surface area contributed by atoms with E-state index in [2.05, 4.69) is 26.5 Å². The number of benzene rings is 2. The number of nitro groups is 1. The molecule has 0 saturated carbocycles. The minimum absolute atomic E-state index is 0.1000. The van der Waals surface area contributed by atoms with Gasteiger partial charge in [0, 0.05) is 27.2 Å². The van der Waals surface area contributed by atoms with Crippen LogP contribution in [0.4, 0.5) is 5.69 Å². The van der Waals surface area contributed by atoms with Gasteiger partial charge in [-0.05, 0) is 23.8 Å². The third-order valence-corrected chi connectivity index (χ3v) is 3.73. The number of non-ortho nitro benzene ring substituents is 1. The van der Waals surface area contributed by atoms with Gasteiger partial charge >= 0.3 is 0 Å². The molecule has 0 fully saturated rings. The molecule has 6 nitrogen and oxygen atoms in total. The minimum atomic E-state index is -0.528. The Balaban J connectivity index is 1.98. The molecule has 0 radical (unpaired) electrons. The largest absolute Gasteiger partial charge is 0.273 e. The zero-order valence-electron chi connectivity index (χ0n) is 11.7. The number of halogens is 2. The number of nitrogens with zero attached hydrogens (tertiary/aromatic N) is 2. The van der Waals surface area contributed by atoms with Crippen LogP contribution in [0.25, 0.3) is 0 Å². The second kappa shape index (κ2) is 7.85. The van der Waals surface area contributed by atoms with E-state index in [0.717, 1.165) is 10.0 Å². The fraction of sp³-hybridized carbons (Fsp3) is 0.0667. The summed E-state index contributed by atoms with van der Waals surface area (Å²) in [7, 11) is 0. The molecular weight excluding hydrogens is 386 g/mol. The van der Waals surface area contributed by atoms with Crippen LogP contribution in [0.2, 0.25) is 5.02 Å². The van der Waals surface area contributed by atoms with Crippen LogP contribution in [-0.2, 0) is 11.2 Å². The summed E-state index contributed by atoms with van der Waals surface area (Å²) in [5.41, 5.74) is 3.45. The van der Waals surface area contributed by atoms with Gasteiger partial charge in [-0.2, -0.15) is 5.10 Å². The molecule has 0 aliphatic rings. The number of carbonyl (C=O) groups excluding carboxylic acids is 1. The lowest BCUT2D eigenvalue weighted by atomic mass is 10.1. The van der Waals surface area contributed by atoms with E-state index < -0.39 is 4.92 Å². The average Bonchev–Trinajstić information content (AvgIpc) is 2.51. The molecule has 1 amide bonds. The number of hydrogen-bond donors (Lipinski definition) is 1. The number of amides is 1. The van der Waals surface area contributed by atoms with Gasteiger partial charge in [0.05, 0.1) is 17.6 Å². The van der Waals surface area contributed by atoms with E-state index in [4.69, 9.17) is 11.6 Å². The van der Waals surface area contributed by atoms with Crippen LogP contribution >= 0.6 is 27.5 Å². The molecule has 1 N–H and O–H groups in total. The summed E-state index contributed by atoms with van der Waals surface area (Å²) >= 11 is 9.25. The fourth-order valence-corrected chi connectivity index (χ4v) is 2.18. The first-order valence-electron chi connectivity index (χ1n) is 6.46. The van der Waals surface area contributed by atoms with Gasteiger partial charge in [0.15, 0.2) is 0 Å². The topological polar surface area (TPSA) is 84.6 Å². The Bertz CT molecular complexity index is 763. The number of rotatable bonds is 5. The van der Waals surface area contributed by atoms with Crippen molar-refractivity contribution < 1.29 is 9.72 Å². The van der Waals surface area contributed by atoms with Crippen molar-refractivity contribution >= 4 is 45.3 Å². The summed E-state index contributed by atoms with van der Waals surface area (Å²) in [5, 5.41) is 14.8. The molecule has 8 heteroatoms. The van der Waals surface area contributed by atoms with Gasteiger partial charge in [-0.25, -0.2) is 5.43 Å². The number of carbonyl (C=O) groups is 1. The number of nitro benzene ring substituents is 1. The van der Waals surface area contributed by atoms with Crippen LogP contribution in [0.15, 0.2) is 52.0 Å². The van der Waals surface area contributed by atoms with Crippen molar-refractivity contribution in [3.8, 4) is 0 Å². The molecule has 2 aromatic carbocycles. The molecule has 0 aromatic heterocycles. The maximum absolute atomic E-state index is 11.8. The lowest BCUT2D eigenvalue weighted by molar-refractivity contribution is -0.384. The highest BCUT2D eigenvalue weighted by atomic mass is 79.9.